The molecule has 0 aliphatic carbocycles. The normalized spacial score (nSPS) is 11.5. The van der Waals surface area contributed by atoms with Gasteiger partial charge in [-0.2, -0.15) is 5.10 Å². The average Bonchev–Trinajstić information content (AvgIpc) is 2.98. The first kappa shape index (κ1) is 19.7. The van der Waals surface area contributed by atoms with Crippen molar-refractivity contribution in [2.24, 2.45) is 0 Å². The summed E-state index contributed by atoms with van der Waals surface area (Å²) in [6.45, 7) is 1.64. The standard InChI is InChI=1S/C16H14BF2N5O3S/c1-2-5-28(26,27)24-11-4-3-10(18)12(13(11)19)16(25)21-8-6-9-14(17)22-23-15(9)20-7-8/h3-4,6-7,24H,2,5H2,1H3,(H,21,25)(H,20,22,23). The fraction of sp³-hybridized carbons (Fsp3) is 0.188. The summed E-state index contributed by atoms with van der Waals surface area (Å²) in [5.74, 6) is -3.84. The van der Waals surface area contributed by atoms with Crippen LogP contribution in [-0.4, -0.2) is 43.1 Å². The molecule has 1 aromatic carbocycles. The molecule has 12 heteroatoms. The zero-order valence-corrected chi connectivity index (χ0v) is 15.4. The monoisotopic (exact) mass is 405 g/mol. The number of carbonyl (C=O) groups is 1. The third kappa shape index (κ3) is 3.96. The van der Waals surface area contributed by atoms with E-state index in [1.165, 1.54) is 12.3 Å². The first-order valence-corrected chi connectivity index (χ1v) is 9.76. The minimum atomic E-state index is -3.82. The summed E-state index contributed by atoms with van der Waals surface area (Å²) in [7, 11) is 1.86. The van der Waals surface area contributed by atoms with Crippen molar-refractivity contribution in [3.63, 3.8) is 0 Å². The smallest absolute Gasteiger partial charge is 0.261 e. The maximum Gasteiger partial charge on any atom is 0.261 e. The van der Waals surface area contributed by atoms with Crippen molar-refractivity contribution in [2.45, 2.75) is 13.3 Å². The van der Waals surface area contributed by atoms with Gasteiger partial charge in [0.05, 0.1) is 23.3 Å². The lowest BCUT2D eigenvalue weighted by Gasteiger charge is -2.12. The molecule has 28 heavy (non-hydrogen) atoms. The van der Waals surface area contributed by atoms with E-state index in [0.717, 1.165) is 12.1 Å². The maximum absolute atomic E-state index is 14.6. The number of sulfonamides is 1. The second-order valence-electron chi connectivity index (χ2n) is 5.89. The van der Waals surface area contributed by atoms with Crippen LogP contribution in [0.5, 0.6) is 0 Å². The number of amides is 1. The van der Waals surface area contributed by atoms with Crippen molar-refractivity contribution in [1.82, 2.24) is 15.2 Å². The van der Waals surface area contributed by atoms with Crippen molar-refractivity contribution in [1.29, 1.82) is 0 Å². The van der Waals surface area contributed by atoms with Crippen LogP contribution in [0.15, 0.2) is 24.4 Å². The second kappa shape index (κ2) is 7.54. The molecule has 2 radical (unpaired) electrons. The number of hydrogen-bond donors (Lipinski definition) is 3. The van der Waals surface area contributed by atoms with Gasteiger partial charge >= 0.3 is 0 Å². The molecule has 3 aromatic rings. The average molecular weight is 405 g/mol. The maximum atomic E-state index is 14.6. The number of hydrogen-bond acceptors (Lipinski definition) is 5. The topological polar surface area (TPSA) is 117 Å². The Bertz CT molecular complexity index is 1170. The number of pyridine rings is 1. The number of carbonyl (C=O) groups excluding carboxylic acids is 1. The van der Waals surface area contributed by atoms with Crippen LogP contribution < -0.4 is 15.6 Å². The highest BCUT2D eigenvalue weighted by Gasteiger charge is 2.23. The van der Waals surface area contributed by atoms with Crippen molar-refractivity contribution in [3.05, 3.63) is 41.6 Å². The van der Waals surface area contributed by atoms with Gasteiger partial charge in [-0.25, -0.2) is 22.2 Å². The number of aromatic amines is 1. The Kier molecular flexibility index (Phi) is 5.32. The van der Waals surface area contributed by atoms with E-state index in [2.05, 4.69) is 20.5 Å². The minimum absolute atomic E-state index is 0.126. The molecule has 2 heterocycles. The third-order valence-electron chi connectivity index (χ3n) is 3.75. The summed E-state index contributed by atoms with van der Waals surface area (Å²) in [6, 6.07) is 3.15. The summed E-state index contributed by atoms with van der Waals surface area (Å²) in [5.41, 5.74) is -0.811. The van der Waals surface area contributed by atoms with Gasteiger partial charge in [0, 0.05) is 5.39 Å². The largest absolute Gasteiger partial charge is 0.320 e. The molecule has 0 atom stereocenters. The molecular formula is C16H14BF2N5O3S. The number of anilines is 2. The molecule has 0 saturated heterocycles. The highest BCUT2D eigenvalue weighted by atomic mass is 32.2. The molecule has 3 N–H and O–H groups in total. The molecule has 0 saturated carbocycles. The van der Waals surface area contributed by atoms with Crippen LogP contribution in [-0.2, 0) is 10.0 Å². The summed E-state index contributed by atoms with van der Waals surface area (Å²) in [5, 5.41) is 9.07. The molecular weight excluding hydrogens is 391 g/mol. The van der Waals surface area contributed by atoms with Gasteiger partial charge in [-0.15, -0.1) is 0 Å². The molecule has 0 bridgehead atoms. The molecule has 144 valence electrons. The van der Waals surface area contributed by atoms with E-state index in [-0.39, 0.29) is 17.0 Å². The van der Waals surface area contributed by atoms with Crippen LogP contribution in [0.1, 0.15) is 23.7 Å². The summed E-state index contributed by atoms with van der Waals surface area (Å²) < 4.78 is 54.4. The zero-order valence-electron chi connectivity index (χ0n) is 14.6. The predicted octanol–water partition coefficient (Wildman–Crippen LogP) is 1.43. The van der Waals surface area contributed by atoms with Gasteiger partial charge in [0.25, 0.3) is 5.91 Å². The fourth-order valence-electron chi connectivity index (χ4n) is 2.51. The van der Waals surface area contributed by atoms with Crippen LogP contribution in [0.25, 0.3) is 11.0 Å². The van der Waals surface area contributed by atoms with Crippen molar-refractivity contribution < 1.29 is 22.0 Å². The van der Waals surface area contributed by atoms with Crippen molar-refractivity contribution >= 4 is 51.8 Å². The Morgan fingerprint density at radius 2 is 2.07 bits per heavy atom. The molecule has 0 aliphatic heterocycles. The zero-order chi connectivity index (χ0) is 20.5. The van der Waals surface area contributed by atoms with Crippen LogP contribution in [0.4, 0.5) is 20.2 Å². The first-order chi connectivity index (χ1) is 13.2. The van der Waals surface area contributed by atoms with Gasteiger partial charge in [-0.05, 0) is 30.2 Å². The van der Waals surface area contributed by atoms with Crippen LogP contribution in [0, 0.1) is 11.6 Å². The van der Waals surface area contributed by atoms with E-state index in [4.69, 9.17) is 7.85 Å². The van der Waals surface area contributed by atoms with Crippen molar-refractivity contribution in [2.75, 3.05) is 15.8 Å². The predicted molar refractivity (Wildman–Crippen MR) is 101 cm³/mol. The van der Waals surface area contributed by atoms with E-state index >= 15 is 0 Å². The van der Waals surface area contributed by atoms with E-state index in [0.29, 0.717) is 17.5 Å². The quantitative estimate of drug-likeness (QED) is 0.537. The molecule has 2 aromatic heterocycles. The number of nitrogens with zero attached hydrogens (tertiary/aromatic N) is 2. The van der Waals surface area contributed by atoms with Crippen LogP contribution >= 0.6 is 0 Å². The minimum Gasteiger partial charge on any atom is -0.320 e. The van der Waals surface area contributed by atoms with Gasteiger partial charge in [-0.3, -0.25) is 14.6 Å². The van der Waals surface area contributed by atoms with Gasteiger partial charge in [0.2, 0.25) is 10.0 Å². The molecule has 0 unspecified atom stereocenters. The molecule has 0 aliphatic rings. The van der Waals surface area contributed by atoms with Gasteiger partial charge < -0.3 is 5.32 Å². The van der Waals surface area contributed by atoms with Crippen LogP contribution in [0.2, 0.25) is 0 Å². The molecule has 8 nitrogen and oxygen atoms in total. The number of halogens is 2. The Hall–Kier alpha value is -3.02. The van der Waals surface area contributed by atoms with Crippen molar-refractivity contribution in [3.8, 4) is 0 Å². The van der Waals surface area contributed by atoms with E-state index in [9.17, 15) is 22.0 Å². The number of H-pyrrole nitrogens is 1. The Labute approximate surface area is 160 Å². The van der Waals surface area contributed by atoms with Gasteiger partial charge in [0.15, 0.2) is 11.5 Å². The van der Waals surface area contributed by atoms with Crippen LogP contribution in [0.3, 0.4) is 0 Å². The first-order valence-electron chi connectivity index (χ1n) is 8.11. The second-order valence-corrected chi connectivity index (χ2v) is 7.73. The molecule has 1 amide bonds. The van der Waals surface area contributed by atoms with E-state index in [1.54, 1.807) is 6.92 Å². The SMILES string of the molecule is [B]c1[nH]nc2ncc(NC(=O)c3c(F)ccc(NS(=O)(=O)CCC)c3F)cc12. The molecule has 3 rings (SSSR count). The fourth-order valence-corrected chi connectivity index (χ4v) is 3.64. The summed E-state index contributed by atoms with van der Waals surface area (Å²) in [4.78, 5) is 16.4. The lowest BCUT2D eigenvalue weighted by molar-refractivity contribution is 0.101. The Balaban J connectivity index is 1.92. The van der Waals surface area contributed by atoms with E-state index < -0.39 is 38.8 Å². The highest BCUT2D eigenvalue weighted by Crippen LogP contribution is 2.24. The lowest BCUT2D eigenvalue weighted by Crippen LogP contribution is -2.20. The van der Waals surface area contributed by atoms with Gasteiger partial charge in [-0.1, -0.05) is 6.92 Å². The molecule has 0 spiro atoms. The van der Waals surface area contributed by atoms with Gasteiger partial charge in [0.1, 0.15) is 19.2 Å². The Morgan fingerprint density at radius 3 is 2.79 bits per heavy atom. The highest BCUT2D eigenvalue weighted by molar-refractivity contribution is 7.92. The molecule has 0 fully saturated rings. The number of nitrogens with one attached hydrogen (secondary N) is 3. The summed E-state index contributed by atoms with van der Waals surface area (Å²) >= 11 is 0. The summed E-state index contributed by atoms with van der Waals surface area (Å²) in [6.07, 6.45) is 1.54. The third-order valence-corrected chi connectivity index (χ3v) is 5.23. The number of benzene rings is 1. The number of rotatable bonds is 6. The lowest BCUT2D eigenvalue weighted by atomic mass is 10.0. The van der Waals surface area contributed by atoms with E-state index in [1.807, 2.05) is 4.72 Å². The number of fused-ring (bicyclic) bond motifs is 1. The Morgan fingerprint density at radius 1 is 1.32 bits per heavy atom. The number of aromatic nitrogens is 3.